The van der Waals surface area contributed by atoms with Crippen LogP contribution < -0.4 is 5.73 Å². The molecule has 1 rings (SSSR count). The molecule has 0 amide bonds. The molecule has 1 aromatic carbocycles. The van der Waals surface area contributed by atoms with Crippen molar-refractivity contribution in [2.45, 2.75) is 5.78 Å². The van der Waals surface area contributed by atoms with Gasteiger partial charge in [-0.25, -0.2) is 0 Å². The quantitative estimate of drug-likeness (QED) is 0.750. The normalized spacial score (nSPS) is 17.8. The monoisotopic (exact) mass is 219 g/mol. The molecule has 72 valence electrons. The number of nitrogens with two attached hydrogens (primary N) is 1. The average Bonchev–Trinajstić information content (AvgIpc) is 2.03. The molecular formula is C8H11ClNO2P. The van der Waals surface area contributed by atoms with E-state index in [0.717, 1.165) is 0 Å². The Kier molecular flexibility index (Phi) is 3.14. The van der Waals surface area contributed by atoms with Crippen molar-refractivity contribution in [2.24, 2.45) is 5.73 Å². The maximum atomic E-state index is 11.2. The largest absolute Gasteiger partial charge is 0.343 e. The zero-order chi connectivity index (χ0) is 10.1. The van der Waals surface area contributed by atoms with Gasteiger partial charge in [0.15, 0.2) is 0 Å². The molecule has 5 heteroatoms. The van der Waals surface area contributed by atoms with E-state index < -0.39 is 13.2 Å². The van der Waals surface area contributed by atoms with Crippen LogP contribution in [0.2, 0.25) is 5.02 Å². The lowest BCUT2D eigenvalue weighted by atomic mass is 10.2. The summed E-state index contributed by atoms with van der Waals surface area (Å²) in [6.07, 6.45) is 0. The second kappa shape index (κ2) is 3.81. The van der Waals surface area contributed by atoms with Crippen LogP contribution in [0.3, 0.4) is 0 Å². The molecular weight excluding hydrogens is 209 g/mol. The van der Waals surface area contributed by atoms with Gasteiger partial charge >= 0.3 is 0 Å². The molecule has 2 atom stereocenters. The lowest BCUT2D eigenvalue weighted by Gasteiger charge is -2.14. The first kappa shape index (κ1) is 10.7. The first-order valence-electron chi connectivity index (χ1n) is 3.72. The summed E-state index contributed by atoms with van der Waals surface area (Å²) in [5.41, 5.74) is 6.19. The molecule has 0 heterocycles. The SMILES string of the molecule is CP(=O)(O)C(N)c1ccc(Cl)cc1. The number of benzene rings is 1. The number of hydrogen-bond donors (Lipinski definition) is 2. The van der Waals surface area contributed by atoms with E-state index in [0.29, 0.717) is 10.6 Å². The summed E-state index contributed by atoms with van der Waals surface area (Å²) in [5.74, 6) is -0.829. The summed E-state index contributed by atoms with van der Waals surface area (Å²) < 4.78 is 11.2. The van der Waals surface area contributed by atoms with Crippen molar-refractivity contribution < 1.29 is 9.46 Å². The Hall–Kier alpha value is -0.340. The van der Waals surface area contributed by atoms with E-state index in [1.165, 1.54) is 6.66 Å². The number of halogens is 1. The van der Waals surface area contributed by atoms with Gasteiger partial charge in [0.1, 0.15) is 5.78 Å². The Morgan fingerprint density at radius 3 is 2.31 bits per heavy atom. The number of rotatable bonds is 2. The van der Waals surface area contributed by atoms with Crippen LogP contribution in [-0.4, -0.2) is 11.6 Å². The molecule has 0 spiro atoms. The molecule has 0 saturated heterocycles. The third-order valence-corrected chi connectivity index (χ3v) is 3.31. The van der Waals surface area contributed by atoms with E-state index >= 15 is 0 Å². The molecule has 0 aliphatic rings. The highest BCUT2D eigenvalue weighted by Crippen LogP contribution is 2.48. The van der Waals surface area contributed by atoms with Gasteiger partial charge in [-0.1, -0.05) is 23.7 Å². The van der Waals surface area contributed by atoms with Crippen LogP contribution in [0.5, 0.6) is 0 Å². The van der Waals surface area contributed by atoms with Crippen LogP contribution >= 0.6 is 19.0 Å². The average molecular weight is 220 g/mol. The van der Waals surface area contributed by atoms with E-state index in [-0.39, 0.29) is 0 Å². The molecule has 1 aromatic rings. The Morgan fingerprint density at radius 1 is 1.46 bits per heavy atom. The Bertz CT molecular complexity index is 333. The van der Waals surface area contributed by atoms with Gasteiger partial charge in [0.05, 0.1) is 0 Å². The highest BCUT2D eigenvalue weighted by molar-refractivity contribution is 7.57. The van der Waals surface area contributed by atoms with Crippen molar-refractivity contribution in [1.29, 1.82) is 0 Å². The third-order valence-electron chi connectivity index (χ3n) is 1.73. The molecule has 13 heavy (non-hydrogen) atoms. The fourth-order valence-electron chi connectivity index (χ4n) is 0.937. The van der Waals surface area contributed by atoms with Gasteiger partial charge in [0.25, 0.3) is 0 Å². The first-order chi connectivity index (χ1) is 5.91. The van der Waals surface area contributed by atoms with Gasteiger partial charge in [0, 0.05) is 11.7 Å². The zero-order valence-electron chi connectivity index (χ0n) is 7.14. The van der Waals surface area contributed by atoms with Gasteiger partial charge in [0.2, 0.25) is 7.37 Å². The van der Waals surface area contributed by atoms with Gasteiger partial charge in [-0.15, -0.1) is 0 Å². The highest BCUT2D eigenvalue weighted by Gasteiger charge is 2.22. The van der Waals surface area contributed by atoms with Crippen molar-refractivity contribution >= 4 is 19.0 Å². The van der Waals surface area contributed by atoms with Crippen molar-refractivity contribution in [3.05, 3.63) is 34.9 Å². The van der Waals surface area contributed by atoms with Crippen LogP contribution in [0.1, 0.15) is 11.3 Å². The smallest absolute Gasteiger partial charge is 0.218 e. The summed E-state index contributed by atoms with van der Waals surface area (Å²) in [7, 11) is -3.26. The van der Waals surface area contributed by atoms with Crippen LogP contribution in [-0.2, 0) is 4.57 Å². The predicted octanol–water partition coefficient (Wildman–Crippen LogP) is 2.20. The Balaban J connectivity index is 2.97. The standard InChI is InChI=1S/C8H11ClNO2P/c1-13(11,12)8(10)6-2-4-7(9)5-3-6/h2-5,8H,10H2,1H3,(H,11,12). The molecule has 0 aliphatic carbocycles. The maximum absolute atomic E-state index is 11.2. The van der Waals surface area contributed by atoms with Crippen molar-refractivity contribution in [3.63, 3.8) is 0 Å². The minimum atomic E-state index is -3.26. The van der Waals surface area contributed by atoms with Gasteiger partial charge < -0.3 is 10.6 Å². The second-order valence-electron chi connectivity index (χ2n) is 2.94. The molecule has 3 nitrogen and oxygen atoms in total. The zero-order valence-corrected chi connectivity index (χ0v) is 8.80. The minimum absolute atomic E-state index is 0.583. The van der Waals surface area contributed by atoms with E-state index in [1.807, 2.05) is 0 Å². The van der Waals surface area contributed by atoms with Crippen LogP contribution in [0, 0.1) is 0 Å². The first-order valence-corrected chi connectivity index (χ1v) is 6.27. The molecule has 2 unspecified atom stereocenters. The van der Waals surface area contributed by atoms with Gasteiger partial charge in [-0.05, 0) is 17.7 Å². The second-order valence-corrected chi connectivity index (χ2v) is 5.82. The predicted molar refractivity (Wildman–Crippen MR) is 54.1 cm³/mol. The number of hydrogen-bond acceptors (Lipinski definition) is 2. The molecule has 0 fully saturated rings. The highest BCUT2D eigenvalue weighted by atomic mass is 35.5. The molecule has 3 N–H and O–H groups in total. The van der Waals surface area contributed by atoms with Gasteiger partial charge in [-0.3, -0.25) is 4.57 Å². The fourth-order valence-corrected chi connectivity index (χ4v) is 1.79. The summed E-state index contributed by atoms with van der Waals surface area (Å²) in [6, 6.07) is 6.59. The van der Waals surface area contributed by atoms with Crippen molar-refractivity contribution in [1.82, 2.24) is 0 Å². The summed E-state index contributed by atoms with van der Waals surface area (Å²) in [6.45, 7) is 1.24. The third kappa shape index (κ3) is 2.82. The molecule has 0 aliphatic heterocycles. The Morgan fingerprint density at radius 2 is 1.92 bits per heavy atom. The topological polar surface area (TPSA) is 63.3 Å². The van der Waals surface area contributed by atoms with E-state index in [1.54, 1.807) is 24.3 Å². The van der Waals surface area contributed by atoms with E-state index in [2.05, 4.69) is 0 Å². The Labute approximate surface area is 82.0 Å². The van der Waals surface area contributed by atoms with Gasteiger partial charge in [-0.2, -0.15) is 0 Å². The summed E-state index contributed by atoms with van der Waals surface area (Å²) in [5, 5.41) is 0.583. The molecule has 0 saturated carbocycles. The van der Waals surface area contributed by atoms with E-state index in [9.17, 15) is 9.46 Å². The van der Waals surface area contributed by atoms with E-state index in [4.69, 9.17) is 17.3 Å². The summed E-state index contributed by atoms with van der Waals surface area (Å²) >= 11 is 5.66. The molecule has 0 aromatic heterocycles. The van der Waals surface area contributed by atoms with Crippen molar-refractivity contribution in [3.8, 4) is 0 Å². The maximum Gasteiger partial charge on any atom is 0.218 e. The lowest BCUT2D eigenvalue weighted by Crippen LogP contribution is -2.09. The van der Waals surface area contributed by atoms with Crippen LogP contribution in [0.15, 0.2) is 24.3 Å². The van der Waals surface area contributed by atoms with Crippen LogP contribution in [0.25, 0.3) is 0 Å². The minimum Gasteiger partial charge on any atom is -0.343 e. The lowest BCUT2D eigenvalue weighted by molar-refractivity contribution is 0.472. The van der Waals surface area contributed by atoms with Crippen LogP contribution in [0.4, 0.5) is 0 Å². The molecule has 0 bridgehead atoms. The fraction of sp³-hybridized carbons (Fsp3) is 0.250. The summed E-state index contributed by atoms with van der Waals surface area (Å²) in [4.78, 5) is 9.21. The van der Waals surface area contributed by atoms with Crippen molar-refractivity contribution in [2.75, 3.05) is 6.66 Å². The molecule has 0 radical (unpaired) electrons.